The summed E-state index contributed by atoms with van der Waals surface area (Å²) < 4.78 is 0. The second-order valence-electron chi connectivity index (χ2n) is 5.93. The fraction of sp³-hybridized carbons (Fsp3) is 0.412. The number of hydrogen-bond donors (Lipinski definition) is 1. The number of pyridine rings is 1. The Morgan fingerprint density at radius 3 is 2.59 bits per heavy atom. The predicted molar refractivity (Wildman–Crippen MR) is 87.5 cm³/mol. The number of aryl methyl sites for hydroxylation is 2. The monoisotopic (exact) mass is 299 g/mol. The number of carbonyl (C=O) groups is 1. The molecule has 2 aromatic rings. The number of piperazine rings is 1. The largest absolute Gasteiger partial charge is 0.480 e. The summed E-state index contributed by atoms with van der Waals surface area (Å²) in [5.74, 6) is 0.234. The Morgan fingerprint density at radius 2 is 1.91 bits per heavy atom. The molecule has 1 aromatic heterocycles. The van der Waals surface area contributed by atoms with Gasteiger partial charge in [0.2, 0.25) is 0 Å². The molecule has 22 heavy (non-hydrogen) atoms. The summed E-state index contributed by atoms with van der Waals surface area (Å²) in [7, 11) is 0. The molecule has 1 aliphatic heterocycles. The van der Waals surface area contributed by atoms with Crippen LogP contribution < -0.4 is 4.90 Å². The summed E-state index contributed by atoms with van der Waals surface area (Å²) in [5, 5.41) is 10.1. The topological polar surface area (TPSA) is 56.7 Å². The van der Waals surface area contributed by atoms with E-state index in [9.17, 15) is 4.79 Å². The van der Waals surface area contributed by atoms with Gasteiger partial charge < -0.3 is 10.0 Å². The molecule has 0 radical (unpaired) electrons. The van der Waals surface area contributed by atoms with Gasteiger partial charge >= 0.3 is 5.97 Å². The van der Waals surface area contributed by atoms with Gasteiger partial charge in [-0.15, -0.1) is 0 Å². The standard InChI is InChI=1S/C17H21N3O2/c1-12-4-3-5-14-13(2)10-15(18-17(12)14)20-8-6-19(7-9-20)11-16(21)22/h3-5,10H,6-9,11H2,1-2H3,(H,21,22). The molecule has 116 valence electrons. The molecule has 5 heteroatoms. The van der Waals surface area contributed by atoms with Crippen LogP contribution in [-0.4, -0.2) is 53.7 Å². The van der Waals surface area contributed by atoms with E-state index in [0.717, 1.165) is 37.5 Å². The van der Waals surface area contributed by atoms with E-state index in [1.807, 2.05) is 4.90 Å². The number of rotatable bonds is 3. The maximum atomic E-state index is 10.8. The van der Waals surface area contributed by atoms with Gasteiger partial charge in [-0.3, -0.25) is 9.69 Å². The van der Waals surface area contributed by atoms with Crippen LogP contribution in [0.5, 0.6) is 0 Å². The first-order valence-electron chi connectivity index (χ1n) is 7.60. The van der Waals surface area contributed by atoms with Gasteiger partial charge in [-0.25, -0.2) is 4.98 Å². The fourth-order valence-electron chi connectivity index (χ4n) is 3.03. The third-order valence-corrected chi connectivity index (χ3v) is 4.29. The Hall–Kier alpha value is -2.14. The van der Waals surface area contributed by atoms with Crippen molar-refractivity contribution in [3.8, 4) is 0 Å². The lowest BCUT2D eigenvalue weighted by molar-refractivity contribution is -0.138. The second kappa shape index (κ2) is 5.93. The summed E-state index contributed by atoms with van der Waals surface area (Å²) >= 11 is 0. The van der Waals surface area contributed by atoms with Crippen molar-refractivity contribution < 1.29 is 9.90 Å². The number of anilines is 1. The van der Waals surface area contributed by atoms with Gasteiger partial charge in [-0.2, -0.15) is 0 Å². The van der Waals surface area contributed by atoms with Crippen molar-refractivity contribution in [2.75, 3.05) is 37.6 Å². The van der Waals surface area contributed by atoms with E-state index in [2.05, 4.69) is 43.0 Å². The van der Waals surface area contributed by atoms with Gasteiger partial charge in [0, 0.05) is 31.6 Å². The molecule has 0 aliphatic carbocycles. The molecule has 5 nitrogen and oxygen atoms in total. The normalized spacial score (nSPS) is 16.2. The Labute approximate surface area is 130 Å². The van der Waals surface area contributed by atoms with Crippen molar-refractivity contribution in [2.45, 2.75) is 13.8 Å². The molecule has 3 rings (SSSR count). The van der Waals surface area contributed by atoms with E-state index in [0.29, 0.717) is 0 Å². The third kappa shape index (κ3) is 2.90. The minimum absolute atomic E-state index is 0.122. The van der Waals surface area contributed by atoms with E-state index in [4.69, 9.17) is 10.1 Å². The predicted octanol–water partition coefficient (Wildman–Crippen LogP) is 2.06. The zero-order valence-corrected chi connectivity index (χ0v) is 13.0. The highest BCUT2D eigenvalue weighted by Crippen LogP contribution is 2.25. The first-order valence-corrected chi connectivity index (χ1v) is 7.60. The average Bonchev–Trinajstić information content (AvgIpc) is 2.48. The number of carboxylic acid groups (broad SMARTS) is 1. The van der Waals surface area contributed by atoms with E-state index in [1.54, 1.807) is 0 Å². The summed E-state index contributed by atoms with van der Waals surface area (Å²) in [6.07, 6.45) is 0. The van der Waals surface area contributed by atoms with Crippen LogP contribution in [0.25, 0.3) is 10.9 Å². The third-order valence-electron chi connectivity index (χ3n) is 4.29. The van der Waals surface area contributed by atoms with Crippen LogP contribution in [0.2, 0.25) is 0 Å². The van der Waals surface area contributed by atoms with Crippen LogP contribution in [0.15, 0.2) is 24.3 Å². The Balaban J connectivity index is 1.83. The number of carboxylic acids is 1. The van der Waals surface area contributed by atoms with Crippen molar-refractivity contribution in [2.24, 2.45) is 0 Å². The molecule has 2 heterocycles. The molecular weight excluding hydrogens is 278 g/mol. The van der Waals surface area contributed by atoms with Crippen molar-refractivity contribution in [3.63, 3.8) is 0 Å². The lowest BCUT2D eigenvalue weighted by Crippen LogP contribution is -2.48. The number of para-hydroxylation sites is 1. The molecule has 1 saturated heterocycles. The smallest absolute Gasteiger partial charge is 0.317 e. The van der Waals surface area contributed by atoms with Crippen LogP contribution in [0, 0.1) is 13.8 Å². The molecule has 0 bridgehead atoms. The first-order chi connectivity index (χ1) is 10.5. The van der Waals surface area contributed by atoms with Gasteiger partial charge in [0.25, 0.3) is 0 Å². The summed E-state index contributed by atoms with van der Waals surface area (Å²) in [5.41, 5.74) is 3.48. The maximum absolute atomic E-state index is 10.8. The molecule has 1 N–H and O–H groups in total. The highest BCUT2D eigenvalue weighted by atomic mass is 16.4. The number of aromatic nitrogens is 1. The lowest BCUT2D eigenvalue weighted by Gasteiger charge is -2.34. The average molecular weight is 299 g/mol. The van der Waals surface area contributed by atoms with Crippen molar-refractivity contribution in [3.05, 3.63) is 35.4 Å². The van der Waals surface area contributed by atoms with Gasteiger partial charge in [0.05, 0.1) is 12.1 Å². The highest BCUT2D eigenvalue weighted by Gasteiger charge is 2.20. The number of hydrogen-bond acceptors (Lipinski definition) is 4. The van der Waals surface area contributed by atoms with Gasteiger partial charge in [0.1, 0.15) is 5.82 Å². The van der Waals surface area contributed by atoms with Gasteiger partial charge in [-0.1, -0.05) is 18.2 Å². The molecule has 1 aromatic carbocycles. The number of nitrogens with zero attached hydrogens (tertiary/aromatic N) is 3. The molecule has 0 amide bonds. The molecule has 1 fully saturated rings. The van der Waals surface area contributed by atoms with Crippen molar-refractivity contribution >= 4 is 22.7 Å². The molecule has 0 unspecified atom stereocenters. The zero-order valence-electron chi connectivity index (χ0n) is 13.0. The van der Waals surface area contributed by atoms with E-state index in [-0.39, 0.29) is 6.54 Å². The Morgan fingerprint density at radius 1 is 1.18 bits per heavy atom. The van der Waals surface area contributed by atoms with Crippen LogP contribution in [0.1, 0.15) is 11.1 Å². The molecule has 1 aliphatic rings. The molecule has 0 saturated carbocycles. The molecular formula is C17H21N3O2. The molecule has 0 spiro atoms. The van der Waals surface area contributed by atoms with E-state index in [1.165, 1.54) is 16.5 Å². The number of fused-ring (bicyclic) bond motifs is 1. The van der Waals surface area contributed by atoms with E-state index >= 15 is 0 Å². The minimum Gasteiger partial charge on any atom is -0.480 e. The van der Waals surface area contributed by atoms with Crippen molar-refractivity contribution in [1.82, 2.24) is 9.88 Å². The quantitative estimate of drug-likeness (QED) is 0.940. The van der Waals surface area contributed by atoms with Gasteiger partial charge in [0.15, 0.2) is 0 Å². The van der Waals surface area contributed by atoms with Crippen LogP contribution in [0.3, 0.4) is 0 Å². The minimum atomic E-state index is -0.760. The van der Waals surface area contributed by atoms with Crippen LogP contribution >= 0.6 is 0 Å². The zero-order chi connectivity index (χ0) is 15.7. The summed E-state index contributed by atoms with van der Waals surface area (Å²) in [6, 6.07) is 8.40. The fourth-order valence-corrected chi connectivity index (χ4v) is 3.03. The van der Waals surface area contributed by atoms with Crippen LogP contribution in [0.4, 0.5) is 5.82 Å². The summed E-state index contributed by atoms with van der Waals surface area (Å²) in [4.78, 5) is 19.8. The number of aliphatic carboxylic acids is 1. The molecule has 0 atom stereocenters. The second-order valence-corrected chi connectivity index (χ2v) is 5.93. The maximum Gasteiger partial charge on any atom is 0.317 e. The Kier molecular flexibility index (Phi) is 3.98. The van der Waals surface area contributed by atoms with E-state index < -0.39 is 5.97 Å². The first kappa shape index (κ1) is 14.8. The lowest BCUT2D eigenvalue weighted by atomic mass is 10.1. The Bertz CT molecular complexity index is 706. The summed E-state index contributed by atoms with van der Waals surface area (Å²) in [6.45, 7) is 7.49. The SMILES string of the molecule is Cc1cc(N2CCN(CC(=O)O)CC2)nc2c(C)cccc12. The highest BCUT2D eigenvalue weighted by molar-refractivity contribution is 5.86. The van der Waals surface area contributed by atoms with Crippen LogP contribution in [-0.2, 0) is 4.79 Å². The number of benzene rings is 1. The van der Waals surface area contributed by atoms with Crippen molar-refractivity contribution in [1.29, 1.82) is 0 Å². The van der Waals surface area contributed by atoms with Gasteiger partial charge in [-0.05, 0) is 31.0 Å².